The summed E-state index contributed by atoms with van der Waals surface area (Å²) in [5.74, 6) is -0.559. The lowest BCUT2D eigenvalue weighted by Gasteiger charge is -2.02. The van der Waals surface area contributed by atoms with Crippen LogP contribution in [0.2, 0.25) is 0 Å². The number of fused-ring (bicyclic) bond motifs is 1. The van der Waals surface area contributed by atoms with E-state index in [4.69, 9.17) is 0 Å². The maximum atomic E-state index is 13.3. The molecule has 96 valence electrons. The first-order chi connectivity index (χ1) is 9.15. The van der Waals surface area contributed by atoms with E-state index in [1.165, 1.54) is 34.8 Å². The zero-order valence-electron chi connectivity index (χ0n) is 9.94. The molecule has 3 nitrogen and oxygen atoms in total. The number of aryl methyl sites for hydroxylation is 1. The van der Waals surface area contributed by atoms with E-state index in [0.29, 0.717) is 16.0 Å². The lowest BCUT2D eigenvalue weighted by Crippen LogP contribution is -2.11. The van der Waals surface area contributed by atoms with E-state index in [0.717, 1.165) is 9.58 Å². The van der Waals surface area contributed by atoms with Gasteiger partial charge in [0.1, 0.15) is 10.8 Å². The Hall–Kier alpha value is -1.79. The molecule has 3 rings (SSSR count). The predicted molar refractivity (Wildman–Crippen MR) is 76.6 cm³/mol. The van der Waals surface area contributed by atoms with Crippen molar-refractivity contribution in [3.63, 3.8) is 0 Å². The number of thiophene rings is 1. The minimum atomic E-state index is -0.336. The monoisotopic (exact) mass is 292 g/mol. The van der Waals surface area contributed by atoms with Gasteiger partial charge < -0.3 is 5.32 Å². The topological polar surface area (TPSA) is 42.0 Å². The van der Waals surface area contributed by atoms with Gasteiger partial charge in [-0.05, 0) is 25.1 Å². The van der Waals surface area contributed by atoms with Gasteiger partial charge in [-0.25, -0.2) is 4.39 Å². The Morgan fingerprint density at radius 2 is 2.26 bits per heavy atom. The standard InChI is InChI=1S/C13H9FN2OS2/c1-7-12(13(17)16-11-5-15-6-18-11)9-4-8(14)2-3-10(9)19-7/h2-6H,1H3,(H,16,17). The summed E-state index contributed by atoms with van der Waals surface area (Å²) in [6.45, 7) is 1.87. The highest BCUT2D eigenvalue weighted by molar-refractivity contribution is 7.19. The molecule has 0 aliphatic heterocycles. The number of carbonyl (C=O) groups excluding carboxylic acids is 1. The highest BCUT2D eigenvalue weighted by Gasteiger charge is 2.17. The molecule has 0 fully saturated rings. The second kappa shape index (κ2) is 4.71. The lowest BCUT2D eigenvalue weighted by atomic mass is 10.1. The van der Waals surface area contributed by atoms with Crippen molar-refractivity contribution in [1.29, 1.82) is 0 Å². The number of halogens is 1. The summed E-state index contributed by atoms with van der Waals surface area (Å²) in [5.41, 5.74) is 2.18. The summed E-state index contributed by atoms with van der Waals surface area (Å²) in [6.07, 6.45) is 1.59. The van der Waals surface area contributed by atoms with Crippen LogP contribution in [-0.2, 0) is 0 Å². The maximum absolute atomic E-state index is 13.3. The van der Waals surface area contributed by atoms with Crippen LogP contribution in [0.15, 0.2) is 29.9 Å². The van der Waals surface area contributed by atoms with E-state index in [1.54, 1.807) is 17.8 Å². The average Bonchev–Trinajstić information content (AvgIpc) is 2.95. The zero-order valence-corrected chi connectivity index (χ0v) is 11.6. The molecule has 3 aromatic rings. The third kappa shape index (κ3) is 2.24. The molecule has 2 aromatic heterocycles. The van der Waals surface area contributed by atoms with Crippen LogP contribution in [0, 0.1) is 12.7 Å². The molecule has 2 heterocycles. The van der Waals surface area contributed by atoms with E-state index >= 15 is 0 Å². The molecule has 0 aliphatic carbocycles. The normalized spacial score (nSPS) is 10.8. The Bertz CT molecular complexity index is 749. The number of nitrogens with zero attached hydrogens (tertiary/aromatic N) is 1. The van der Waals surface area contributed by atoms with Crippen molar-refractivity contribution < 1.29 is 9.18 Å². The quantitative estimate of drug-likeness (QED) is 0.774. The maximum Gasteiger partial charge on any atom is 0.258 e. The van der Waals surface area contributed by atoms with Crippen LogP contribution in [0.4, 0.5) is 9.39 Å². The number of anilines is 1. The Morgan fingerprint density at radius 1 is 1.42 bits per heavy atom. The predicted octanol–water partition coefficient (Wildman–Crippen LogP) is 4.06. The summed E-state index contributed by atoms with van der Waals surface area (Å²) >= 11 is 2.84. The number of rotatable bonds is 2. The number of thiazole rings is 1. The molecule has 0 bridgehead atoms. The molecule has 0 spiro atoms. The number of nitrogens with one attached hydrogen (secondary N) is 1. The van der Waals surface area contributed by atoms with Crippen molar-refractivity contribution >= 4 is 43.7 Å². The fourth-order valence-corrected chi connectivity index (χ4v) is 3.48. The smallest absolute Gasteiger partial charge is 0.258 e. The molecule has 0 radical (unpaired) electrons. The van der Waals surface area contributed by atoms with Crippen molar-refractivity contribution in [2.75, 3.05) is 5.32 Å². The second-order valence-corrected chi connectivity index (χ2v) is 6.14. The van der Waals surface area contributed by atoms with Gasteiger partial charge in [0.25, 0.3) is 5.91 Å². The highest BCUT2D eigenvalue weighted by Crippen LogP contribution is 2.32. The van der Waals surface area contributed by atoms with Crippen molar-refractivity contribution in [1.82, 2.24) is 4.98 Å². The minimum Gasteiger partial charge on any atom is -0.312 e. The molecule has 0 saturated carbocycles. The van der Waals surface area contributed by atoms with Crippen LogP contribution in [0.1, 0.15) is 15.2 Å². The van der Waals surface area contributed by atoms with E-state index in [9.17, 15) is 9.18 Å². The van der Waals surface area contributed by atoms with Crippen LogP contribution in [-0.4, -0.2) is 10.9 Å². The fraction of sp³-hybridized carbons (Fsp3) is 0.0769. The second-order valence-electron chi connectivity index (χ2n) is 3.99. The number of amides is 1. The van der Waals surface area contributed by atoms with Gasteiger partial charge in [-0.3, -0.25) is 9.78 Å². The van der Waals surface area contributed by atoms with E-state index in [1.807, 2.05) is 6.92 Å². The molecular weight excluding hydrogens is 283 g/mol. The van der Waals surface area contributed by atoms with Gasteiger partial charge in [-0.2, -0.15) is 0 Å². The van der Waals surface area contributed by atoms with Crippen LogP contribution < -0.4 is 5.32 Å². The van der Waals surface area contributed by atoms with Crippen molar-refractivity contribution in [3.8, 4) is 0 Å². The summed E-state index contributed by atoms with van der Waals surface area (Å²) in [4.78, 5) is 17.1. The number of hydrogen-bond acceptors (Lipinski definition) is 4. The first-order valence-corrected chi connectivity index (χ1v) is 7.23. The molecule has 1 aromatic carbocycles. The highest BCUT2D eigenvalue weighted by atomic mass is 32.1. The van der Waals surface area contributed by atoms with E-state index in [2.05, 4.69) is 10.3 Å². The molecule has 19 heavy (non-hydrogen) atoms. The Balaban J connectivity index is 2.06. The Morgan fingerprint density at radius 3 is 3.00 bits per heavy atom. The summed E-state index contributed by atoms with van der Waals surface area (Å²) < 4.78 is 14.2. The number of carbonyl (C=O) groups is 1. The molecule has 0 aliphatic rings. The van der Waals surface area contributed by atoms with Crippen LogP contribution in [0.3, 0.4) is 0 Å². The SMILES string of the molecule is Cc1sc2ccc(F)cc2c1C(=O)Nc1cncs1. The molecular formula is C13H9FN2OS2. The van der Waals surface area contributed by atoms with E-state index < -0.39 is 0 Å². The van der Waals surface area contributed by atoms with Gasteiger partial charge in [0.2, 0.25) is 0 Å². The number of benzene rings is 1. The third-order valence-electron chi connectivity index (χ3n) is 2.72. The van der Waals surface area contributed by atoms with Crippen LogP contribution >= 0.6 is 22.7 Å². The van der Waals surface area contributed by atoms with Gasteiger partial charge in [-0.1, -0.05) is 0 Å². The van der Waals surface area contributed by atoms with Gasteiger partial charge in [0.05, 0.1) is 17.3 Å². The van der Waals surface area contributed by atoms with Crippen LogP contribution in [0.25, 0.3) is 10.1 Å². The number of hydrogen-bond donors (Lipinski definition) is 1. The molecule has 1 amide bonds. The van der Waals surface area contributed by atoms with Gasteiger partial charge in [0, 0.05) is 15.0 Å². The van der Waals surface area contributed by atoms with Crippen molar-refractivity contribution in [2.45, 2.75) is 6.92 Å². The molecule has 6 heteroatoms. The average molecular weight is 292 g/mol. The summed E-state index contributed by atoms with van der Waals surface area (Å²) in [5, 5.41) is 4.12. The van der Waals surface area contributed by atoms with Gasteiger partial charge >= 0.3 is 0 Å². The lowest BCUT2D eigenvalue weighted by molar-refractivity contribution is 0.102. The zero-order chi connectivity index (χ0) is 13.4. The van der Waals surface area contributed by atoms with Crippen molar-refractivity contribution in [3.05, 3.63) is 46.2 Å². The fourth-order valence-electron chi connectivity index (χ4n) is 1.93. The Kier molecular flexibility index (Phi) is 3.04. The summed E-state index contributed by atoms with van der Waals surface area (Å²) in [6, 6.07) is 4.51. The first-order valence-electron chi connectivity index (χ1n) is 5.53. The van der Waals surface area contributed by atoms with E-state index in [-0.39, 0.29) is 11.7 Å². The molecule has 1 N–H and O–H groups in total. The summed E-state index contributed by atoms with van der Waals surface area (Å²) in [7, 11) is 0. The number of aromatic nitrogens is 1. The van der Waals surface area contributed by atoms with Gasteiger partial charge in [-0.15, -0.1) is 22.7 Å². The molecule has 0 saturated heterocycles. The first kappa shape index (κ1) is 12.3. The molecule has 0 unspecified atom stereocenters. The van der Waals surface area contributed by atoms with Crippen molar-refractivity contribution in [2.24, 2.45) is 0 Å². The minimum absolute atomic E-state index is 0.224. The molecule has 0 atom stereocenters. The largest absolute Gasteiger partial charge is 0.312 e. The van der Waals surface area contributed by atoms with Gasteiger partial charge in [0.15, 0.2) is 0 Å². The third-order valence-corrected chi connectivity index (χ3v) is 4.50. The Labute approximate surface area is 116 Å². The van der Waals surface area contributed by atoms with Crippen LogP contribution in [0.5, 0.6) is 0 Å².